The first kappa shape index (κ1) is 12.5. The Balaban J connectivity index is 2.86. The molecule has 1 aromatic rings. The zero-order valence-corrected chi connectivity index (χ0v) is 10.3. The molecule has 1 rings (SSSR count). The summed E-state index contributed by atoms with van der Waals surface area (Å²) in [4.78, 5) is 4.38. The number of aromatic nitrogens is 1. The summed E-state index contributed by atoms with van der Waals surface area (Å²) in [6.07, 6.45) is 7.12. The second kappa shape index (κ2) is 5.53. The van der Waals surface area contributed by atoms with Gasteiger partial charge in [-0.3, -0.25) is 10.3 Å². The lowest BCUT2D eigenvalue weighted by molar-refractivity contribution is 0.406. The lowest BCUT2D eigenvalue weighted by Gasteiger charge is -2.13. The molecule has 1 N–H and O–H groups in total. The Kier molecular flexibility index (Phi) is 4.33. The molecule has 1 heterocycles. The molecule has 0 aliphatic heterocycles. The molecular weight excluding hydrogens is 200 g/mol. The first-order valence-corrected chi connectivity index (χ1v) is 5.28. The first-order valence-electron chi connectivity index (χ1n) is 5.28. The summed E-state index contributed by atoms with van der Waals surface area (Å²) in [6.45, 7) is 6.60. The van der Waals surface area contributed by atoms with Crippen LogP contribution < -0.4 is 10.1 Å². The average Bonchev–Trinajstić information content (AvgIpc) is 2.28. The molecule has 0 spiro atoms. The SMILES string of the molecule is C#CC(C)NCc1ncc(C)c(OC)c1C. The van der Waals surface area contributed by atoms with Gasteiger partial charge in [-0.2, -0.15) is 0 Å². The highest BCUT2D eigenvalue weighted by atomic mass is 16.5. The second-order valence-corrected chi connectivity index (χ2v) is 3.82. The molecule has 86 valence electrons. The van der Waals surface area contributed by atoms with Crippen molar-refractivity contribution in [1.29, 1.82) is 0 Å². The predicted molar refractivity (Wildman–Crippen MR) is 65.4 cm³/mol. The van der Waals surface area contributed by atoms with E-state index in [1.54, 1.807) is 7.11 Å². The van der Waals surface area contributed by atoms with Crippen molar-refractivity contribution in [3.05, 3.63) is 23.0 Å². The molecule has 0 amide bonds. The quantitative estimate of drug-likeness (QED) is 0.783. The number of nitrogens with one attached hydrogen (secondary N) is 1. The van der Waals surface area contributed by atoms with Gasteiger partial charge in [0.2, 0.25) is 0 Å². The summed E-state index contributed by atoms with van der Waals surface area (Å²) in [7, 11) is 1.68. The average molecular weight is 218 g/mol. The number of pyridine rings is 1. The van der Waals surface area contributed by atoms with Crippen LogP contribution in [0.15, 0.2) is 6.20 Å². The van der Waals surface area contributed by atoms with Crippen molar-refractivity contribution >= 4 is 0 Å². The van der Waals surface area contributed by atoms with Gasteiger partial charge in [0, 0.05) is 23.9 Å². The summed E-state index contributed by atoms with van der Waals surface area (Å²) in [6, 6.07) is 0.0495. The smallest absolute Gasteiger partial charge is 0.128 e. The van der Waals surface area contributed by atoms with E-state index >= 15 is 0 Å². The molecule has 0 aromatic carbocycles. The number of aryl methyl sites for hydroxylation is 1. The fraction of sp³-hybridized carbons (Fsp3) is 0.462. The van der Waals surface area contributed by atoms with E-state index in [2.05, 4.69) is 16.2 Å². The zero-order chi connectivity index (χ0) is 12.1. The van der Waals surface area contributed by atoms with Gasteiger partial charge in [-0.05, 0) is 20.8 Å². The van der Waals surface area contributed by atoms with Crippen LogP contribution in [0.25, 0.3) is 0 Å². The molecule has 0 radical (unpaired) electrons. The summed E-state index contributed by atoms with van der Waals surface area (Å²) in [5.74, 6) is 3.53. The van der Waals surface area contributed by atoms with Gasteiger partial charge >= 0.3 is 0 Å². The minimum absolute atomic E-state index is 0.0495. The maximum absolute atomic E-state index is 5.34. The largest absolute Gasteiger partial charge is 0.496 e. The van der Waals surface area contributed by atoms with Crippen molar-refractivity contribution < 1.29 is 4.74 Å². The number of methoxy groups -OCH3 is 1. The Morgan fingerprint density at radius 2 is 2.25 bits per heavy atom. The third-order valence-electron chi connectivity index (χ3n) is 2.58. The van der Waals surface area contributed by atoms with E-state index in [0.717, 1.165) is 22.6 Å². The second-order valence-electron chi connectivity index (χ2n) is 3.82. The van der Waals surface area contributed by atoms with Crippen molar-refractivity contribution in [3.63, 3.8) is 0 Å². The Morgan fingerprint density at radius 1 is 1.56 bits per heavy atom. The third-order valence-corrected chi connectivity index (χ3v) is 2.58. The van der Waals surface area contributed by atoms with Gasteiger partial charge in [0.1, 0.15) is 5.75 Å². The van der Waals surface area contributed by atoms with Crippen molar-refractivity contribution in [3.8, 4) is 18.1 Å². The van der Waals surface area contributed by atoms with Crippen LogP contribution in [0.4, 0.5) is 0 Å². The lowest BCUT2D eigenvalue weighted by atomic mass is 10.1. The van der Waals surface area contributed by atoms with Crippen molar-refractivity contribution in [2.45, 2.75) is 33.4 Å². The monoisotopic (exact) mass is 218 g/mol. The van der Waals surface area contributed by atoms with Crippen molar-refractivity contribution in [2.75, 3.05) is 7.11 Å². The van der Waals surface area contributed by atoms with E-state index in [-0.39, 0.29) is 6.04 Å². The maximum Gasteiger partial charge on any atom is 0.128 e. The Labute approximate surface area is 97.2 Å². The minimum Gasteiger partial charge on any atom is -0.496 e. The molecule has 1 aromatic heterocycles. The summed E-state index contributed by atoms with van der Waals surface area (Å²) < 4.78 is 5.34. The molecular formula is C13H18N2O. The van der Waals surface area contributed by atoms with Crippen LogP contribution in [0.5, 0.6) is 5.75 Å². The molecule has 0 saturated carbocycles. The summed E-state index contributed by atoms with van der Waals surface area (Å²) in [5.41, 5.74) is 3.09. The van der Waals surface area contributed by atoms with E-state index in [4.69, 9.17) is 11.2 Å². The highest BCUT2D eigenvalue weighted by Gasteiger charge is 2.09. The first-order chi connectivity index (χ1) is 7.60. The number of terminal acetylenes is 1. The van der Waals surface area contributed by atoms with E-state index in [1.165, 1.54) is 0 Å². The van der Waals surface area contributed by atoms with E-state index in [9.17, 15) is 0 Å². The topological polar surface area (TPSA) is 34.2 Å². The lowest BCUT2D eigenvalue weighted by Crippen LogP contribution is -2.24. The highest BCUT2D eigenvalue weighted by molar-refractivity contribution is 5.41. The van der Waals surface area contributed by atoms with Crippen LogP contribution in [-0.4, -0.2) is 18.1 Å². The predicted octanol–water partition coefficient (Wildman–Crippen LogP) is 1.82. The molecule has 3 nitrogen and oxygen atoms in total. The number of ether oxygens (including phenoxy) is 1. The van der Waals surface area contributed by atoms with Crippen LogP contribution >= 0.6 is 0 Å². The zero-order valence-electron chi connectivity index (χ0n) is 10.3. The van der Waals surface area contributed by atoms with Crippen LogP contribution in [0.2, 0.25) is 0 Å². The van der Waals surface area contributed by atoms with Crippen LogP contribution in [0.1, 0.15) is 23.7 Å². The fourth-order valence-electron chi connectivity index (χ4n) is 1.56. The molecule has 1 unspecified atom stereocenters. The van der Waals surface area contributed by atoms with E-state index < -0.39 is 0 Å². The normalized spacial score (nSPS) is 11.9. The van der Waals surface area contributed by atoms with Gasteiger partial charge in [-0.15, -0.1) is 6.42 Å². The summed E-state index contributed by atoms with van der Waals surface area (Å²) in [5, 5.41) is 3.21. The van der Waals surface area contributed by atoms with Gasteiger partial charge in [-0.1, -0.05) is 5.92 Å². The third kappa shape index (κ3) is 2.74. The van der Waals surface area contributed by atoms with E-state index in [0.29, 0.717) is 6.54 Å². The number of nitrogens with zero attached hydrogens (tertiary/aromatic N) is 1. The van der Waals surface area contributed by atoms with Crippen LogP contribution in [0, 0.1) is 26.2 Å². The van der Waals surface area contributed by atoms with Crippen LogP contribution in [-0.2, 0) is 6.54 Å². The molecule has 3 heteroatoms. The summed E-state index contributed by atoms with van der Waals surface area (Å²) >= 11 is 0. The molecule has 0 fully saturated rings. The molecule has 0 bridgehead atoms. The Morgan fingerprint density at radius 3 is 2.81 bits per heavy atom. The van der Waals surface area contributed by atoms with Crippen molar-refractivity contribution in [2.24, 2.45) is 0 Å². The standard InChI is InChI=1S/C13H18N2O/c1-6-10(3)14-8-12-11(4)13(16-5)9(2)7-15-12/h1,7,10,14H,8H2,2-5H3. The van der Waals surface area contributed by atoms with Gasteiger partial charge in [-0.25, -0.2) is 0 Å². The molecule has 0 aliphatic carbocycles. The molecule has 0 saturated heterocycles. The fourth-order valence-corrected chi connectivity index (χ4v) is 1.56. The number of hydrogen-bond donors (Lipinski definition) is 1. The van der Waals surface area contributed by atoms with Gasteiger partial charge in [0.25, 0.3) is 0 Å². The minimum atomic E-state index is 0.0495. The highest BCUT2D eigenvalue weighted by Crippen LogP contribution is 2.23. The Hall–Kier alpha value is -1.53. The molecule has 0 aliphatic rings. The van der Waals surface area contributed by atoms with Gasteiger partial charge in [0.05, 0.1) is 18.8 Å². The molecule has 16 heavy (non-hydrogen) atoms. The number of rotatable bonds is 4. The van der Waals surface area contributed by atoms with Crippen LogP contribution in [0.3, 0.4) is 0 Å². The number of hydrogen-bond acceptors (Lipinski definition) is 3. The maximum atomic E-state index is 5.34. The Bertz CT molecular complexity index is 407. The van der Waals surface area contributed by atoms with Gasteiger partial charge < -0.3 is 4.74 Å². The van der Waals surface area contributed by atoms with Crippen molar-refractivity contribution in [1.82, 2.24) is 10.3 Å². The molecule has 1 atom stereocenters. The van der Waals surface area contributed by atoms with Gasteiger partial charge in [0.15, 0.2) is 0 Å². The van der Waals surface area contributed by atoms with E-state index in [1.807, 2.05) is 27.0 Å².